The molecule has 0 N–H and O–H groups in total. The molecule has 2 rings (SSSR count). The van der Waals surface area contributed by atoms with Gasteiger partial charge in [-0.2, -0.15) is 4.98 Å². The zero-order chi connectivity index (χ0) is 13.1. The van der Waals surface area contributed by atoms with Crippen LogP contribution in [-0.4, -0.2) is 14.9 Å². The number of ether oxygens (including phenoxy) is 1. The van der Waals surface area contributed by atoms with Gasteiger partial charge in [-0.1, -0.05) is 6.07 Å². The molecule has 1 aromatic carbocycles. The Balaban J connectivity index is 2.39. The first-order valence-electron chi connectivity index (χ1n) is 4.66. The SMILES string of the molecule is O=[N+]([O-])c1cnc(Cl)nc1Oc1cccc(F)c1. The fraction of sp³-hybridized carbons (Fsp3) is 0. The second kappa shape index (κ2) is 4.92. The Morgan fingerprint density at radius 3 is 2.89 bits per heavy atom. The molecular formula is C10H5ClFN3O3. The zero-order valence-electron chi connectivity index (χ0n) is 8.71. The van der Waals surface area contributed by atoms with E-state index < -0.39 is 16.4 Å². The van der Waals surface area contributed by atoms with Gasteiger partial charge >= 0.3 is 11.6 Å². The minimum atomic E-state index is -0.717. The van der Waals surface area contributed by atoms with Crippen molar-refractivity contribution in [1.82, 2.24) is 9.97 Å². The summed E-state index contributed by atoms with van der Waals surface area (Å²) < 4.78 is 18.1. The largest absolute Gasteiger partial charge is 0.433 e. The van der Waals surface area contributed by atoms with Crippen molar-refractivity contribution in [2.75, 3.05) is 0 Å². The Labute approximate surface area is 105 Å². The van der Waals surface area contributed by atoms with Gasteiger partial charge in [-0.15, -0.1) is 0 Å². The second-order valence-corrected chi connectivity index (χ2v) is 3.48. The lowest BCUT2D eigenvalue weighted by molar-refractivity contribution is -0.386. The van der Waals surface area contributed by atoms with Crippen LogP contribution in [0.5, 0.6) is 11.6 Å². The lowest BCUT2D eigenvalue weighted by atomic mass is 10.3. The third-order valence-corrected chi connectivity index (χ3v) is 2.10. The highest BCUT2D eigenvalue weighted by molar-refractivity contribution is 6.28. The van der Waals surface area contributed by atoms with E-state index in [9.17, 15) is 14.5 Å². The van der Waals surface area contributed by atoms with Crippen LogP contribution >= 0.6 is 11.6 Å². The molecule has 0 aliphatic rings. The van der Waals surface area contributed by atoms with Gasteiger partial charge in [-0.05, 0) is 23.7 Å². The molecule has 0 saturated carbocycles. The summed E-state index contributed by atoms with van der Waals surface area (Å²) >= 11 is 5.52. The molecule has 0 radical (unpaired) electrons. The number of rotatable bonds is 3. The molecule has 1 heterocycles. The van der Waals surface area contributed by atoms with Crippen LogP contribution in [0.15, 0.2) is 30.5 Å². The van der Waals surface area contributed by atoms with E-state index in [0.29, 0.717) is 0 Å². The Morgan fingerprint density at radius 1 is 1.44 bits per heavy atom. The monoisotopic (exact) mass is 269 g/mol. The second-order valence-electron chi connectivity index (χ2n) is 3.15. The molecule has 6 nitrogen and oxygen atoms in total. The number of nitro groups is 1. The fourth-order valence-corrected chi connectivity index (χ4v) is 1.31. The van der Waals surface area contributed by atoms with Gasteiger partial charge < -0.3 is 4.74 Å². The molecular weight excluding hydrogens is 265 g/mol. The van der Waals surface area contributed by atoms with Crippen LogP contribution in [-0.2, 0) is 0 Å². The summed E-state index contributed by atoms with van der Waals surface area (Å²) in [6.45, 7) is 0. The lowest BCUT2D eigenvalue weighted by Crippen LogP contribution is -1.98. The topological polar surface area (TPSA) is 78.2 Å². The van der Waals surface area contributed by atoms with Crippen molar-refractivity contribution in [3.8, 4) is 11.6 Å². The van der Waals surface area contributed by atoms with Crippen LogP contribution in [0, 0.1) is 15.9 Å². The van der Waals surface area contributed by atoms with Gasteiger partial charge in [-0.3, -0.25) is 10.1 Å². The minimum Gasteiger partial charge on any atom is -0.433 e. The van der Waals surface area contributed by atoms with Crippen LogP contribution < -0.4 is 4.74 Å². The van der Waals surface area contributed by atoms with E-state index in [1.807, 2.05) is 0 Å². The molecule has 8 heteroatoms. The first-order valence-corrected chi connectivity index (χ1v) is 5.04. The summed E-state index contributed by atoms with van der Waals surface area (Å²) in [7, 11) is 0. The van der Waals surface area contributed by atoms with E-state index in [4.69, 9.17) is 16.3 Å². The first kappa shape index (κ1) is 12.2. The van der Waals surface area contributed by atoms with Crippen molar-refractivity contribution in [1.29, 1.82) is 0 Å². The number of nitrogens with zero attached hydrogens (tertiary/aromatic N) is 3. The van der Waals surface area contributed by atoms with Gasteiger partial charge in [0.2, 0.25) is 5.28 Å². The maximum atomic E-state index is 12.9. The third-order valence-electron chi connectivity index (χ3n) is 1.91. The zero-order valence-corrected chi connectivity index (χ0v) is 9.46. The summed E-state index contributed by atoms with van der Waals surface area (Å²) in [5, 5.41) is 10.5. The Morgan fingerprint density at radius 2 is 2.22 bits per heavy atom. The van der Waals surface area contributed by atoms with Gasteiger partial charge in [-0.25, -0.2) is 9.37 Å². The smallest absolute Gasteiger partial charge is 0.349 e. The molecule has 0 fully saturated rings. The van der Waals surface area contributed by atoms with E-state index in [1.165, 1.54) is 18.2 Å². The van der Waals surface area contributed by atoms with Crippen molar-refractivity contribution in [3.05, 3.63) is 51.7 Å². The minimum absolute atomic E-state index is 0.0767. The van der Waals surface area contributed by atoms with Crippen molar-refractivity contribution in [2.24, 2.45) is 0 Å². The van der Waals surface area contributed by atoms with Crippen molar-refractivity contribution in [3.63, 3.8) is 0 Å². The van der Waals surface area contributed by atoms with Gasteiger partial charge in [0, 0.05) is 6.07 Å². The molecule has 0 bridgehead atoms. The molecule has 0 atom stereocenters. The Hall–Kier alpha value is -2.28. The van der Waals surface area contributed by atoms with Crippen molar-refractivity contribution in [2.45, 2.75) is 0 Å². The molecule has 0 aliphatic carbocycles. The highest BCUT2D eigenvalue weighted by atomic mass is 35.5. The number of aromatic nitrogens is 2. The predicted octanol–water partition coefficient (Wildman–Crippen LogP) is 2.97. The van der Waals surface area contributed by atoms with Gasteiger partial charge in [0.15, 0.2) is 0 Å². The fourth-order valence-electron chi connectivity index (χ4n) is 1.18. The summed E-state index contributed by atoms with van der Waals surface area (Å²) in [4.78, 5) is 17.1. The number of benzene rings is 1. The van der Waals surface area contributed by atoms with Gasteiger partial charge in [0.05, 0.1) is 4.92 Å². The van der Waals surface area contributed by atoms with Crippen molar-refractivity contribution >= 4 is 17.3 Å². The van der Waals surface area contributed by atoms with Crippen LogP contribution in [0.25, 0.3) is 0 Å². The standard InChI is InChI=1S/C10H5ClFN3O3/c11-10-13-5-8(15(16)17)9(14-10)18-7-3-1-2-6(12)4-7/h1-5H. The summed E-state index contributed by atoms with van der Waals surface area (Å²) in [6, 6.07) is 5.12. The molecule has 0 amide bonds. The van der Waals surface area contributed by atoms with E-state index in [-0.39, 0.29) is 16.9 Å². The van der Waals surface area contributed by atoms with E-state index in [0.717, 1.165) is 12.3 Å². The quantitative estimate of drug-likeness (QED) is 0.486. The number of halogens is 2. The first-order chi connectivity index (χ1) is 8.56. The number of hydrogen-bond acceptors (Lipinski definition) is 5. The van der Waals surface area contributed by atoms with E-state index in [2.05, 4.69) is 9.97 Å². The van der Waals surface area contributed by atoms with Crippen LogP contribution in [0.3, 0.4) is 0 Å². The van der Waals surface area contributed by atoms with Crippen LogP contribution in [0.2, 0.25) is 5.28 Å². The van der Waals surface area contributed by atoms with E-state index >= 15 is 0 Å². The van der Waals surface area contributed by atoms with Gasteiger partial charge in [0.1, 0.15) is 17.8 Å². The molecule has 0 unspecified atom stereocenters. The number of hydrogen-bond donors (Lipinski definition) is 0. The summed E-state index contributed by atoms with van der Waals surface area (Å²) in [5.41, 5.74) is -0.455. The molecule has 92 valence electrons. The molecule has 2 aromatic rings. The van der Waals surface area contributed by atoms with Crippen molar-refractivity contribution < 1.29 is 14.1 Å². The maximum absolute atomic E-state index is 12.9. The lowest BCUT2D eigenvalue weighted by Gasteiger charge is -2.04. The van der Waals surface area contributed by atoms with E-state index in [1.54, 1.807) is 0 Å². The predicted molar refractivity (Wildman–Crippen MR) is 60.2 cm³/mol. The molecule has 1 aromatic heterocycles. The Bertz CT molecular complexity index is 609. The highest BCUT2D eigenvalue weighted by Crippen LogP contribution is 2.29. The third kappa shape index (κ3) is 2.69. The maximum Gasteiger partial charge on any atom is 0.349 e. The molecule has 0 saturated heterocycles. The molecule has 18 heavy (non-hydrogen) atoms. The highest BCUT2D eigenvalue weighted by Gasteiger charge is 2.19. The molecule has 0 spiro atoms. The molecule has 0 aliphatic heterocycles. The average molecular weight is 270 g/mol. The summed E-state index contributed by atoms with van der Waals surface area (Å²) in [5.74, 6) is -0.797. The summed E-state index contributed by atoms with van der Waals surface area (Å²) in [6.07, 6.45) is 0.921. The normalized spacial score (nSPS) is 10.1. The Kier molecular flexibility index (Phi) is 3.33. The van der Waals surface area contributed by atoms with Gasteiger partial charge in [0.25, 0.3) is 0 Å². The van der Waals surface area contributed by atoms with Crippen LogP contribution in [0.1, 0.15) is 0 Å². The van der Waals surface area contributed by atoms with Crippen LogP contribution in [0.4, 0.5) is 10.1 Å². The average Bonchev–Trinajstić information content (AvgIpc) is 2.28.